The summed E-state index contributed by atoms with van der Waals surface area (Å²) in [4.78, 5) is 0. The number of halogens is 2. The van der Waals surface area contributed by atoms with Crippen molar-refractivity contribution in [2.45, 2.75) is 38.3 Å². The molecule has 0 radical (unpaired) electrons. The highest BCUT2D eigenvalue weighted by Gasteiger charge is 2.71. The fraction of sp³-hybridized carbons (Fsp3) is 0.400. The summed E-state index contributed by atoms with van der Waals surface area (Å²) >= 11 is 0. The van der Waals surface area contributed by atoms with E-state index >= 15 is 0 Å². The van der Waals surface area contributed by atoms with Gasteiger partial charge in [-0.1, -0.05) is 30.3 Å². The fourth-order valence-corrected chi connectivity index (χ4v) is 2.83. The Bertz CT molecular complexity index is 649. The maximum Gasteiger partial charge on any atom is 0.272 e. The summed E-state index contributed by atoms with van der Waals surface area (Å²) in [5.74, 6) is -2.82. The summed E-state index contributed by atoms with van der Waals surface area (Å²) in [6.07, 6.45) is -0.293. The Morgan fingerprint density at radius 3 is 2.40 bits per heavy atom. The smallest absolute Gasteiger partial charge is 0.272 e. The van der Waals surface area contributed by atoms with Crippen molar-refractivity contribution in [3.63, 3.8) is 0 Å². The molecule has 1 fully saturated rings. The molecular formula is C15H17F2N3. The largest absolute Gasteiger partial charge is 0.316 e. The second-order valence-corrected chi connectivity index (χ2v) is 5.54. The zero-order chi connectivity index (χ0) is 14.5. The molecule has 0 bridgehead atoms. The number of aromatic nitrogens is 2. The van der Waals surface area contributed by atoms with E-state index < -0.39 is 11.5 Å². The van der Waals surface area contributed by atoms with E-state index in [1.165, 1.54) is 0 Å². The molecule has 1 aromatic heterocycles. The van der Waals surface area contributed by atoms with Crippen LogP contribution < -0.4 is 5.73 Å². The lowest BCUT2D eigenvalue weighted by Crippen LogP contribution is -2.28. The maximum absolute atomic E-state index is 13.5. The number of alkyl halides is 2. The summed E-state index contributed by atoms with van der Waals surface area (Å²) in [5.41, 5.74) is 7.22. The lowest BCUT2D eigenvalue weighted by Gasteiger charge is -2.11. The first kappa shape index (κ1) is 13.2. The molecular weight excluding hydrogens is 260 g/mol. The van der Waals surface area contributed by atoms with Crippen molar-refractivity contribution in [2.24, 2.45) is 5.73 Å². The first-order valence-corrected chi connectivity index (χ1v) is 6.60. The molecule has 1 aromatic carbocycles. The minimum atomic E-state index is -2.82. The van der Waals surface area contributed by atoms with Crippen molar-refractivity contribution in [2.75, 3.05) is 0 Å². The molecule has 2 aromatic rings. The zero-order valence-corrected chi connectivity index (χ0v) is 11.5. The quantitative estimate of drug-likeness (QED) is 0.937. The van der Waals surface area contributed by atoms with E-state index in [1.54, 1.807) is 18.5 Å². The lowest BCUT2D eigenvalue weighted by atomic mass is 10.0. The Hall–Kier alpha value is -1.75. The average molecular weight is 277 g/mol. The number of nitrogens with zero attached hydrogens (tertiary/aromatic N) is 2. The van der Waals surface area contributed by atoms with Gasteiger partial charge in [-0.2, -0.15) is 5.10 Å². The molecule has 1 atom stereocenters. The van der Waals surface area contributed by atoms with E-state index in [1.807, 2.05) is 30.3 Å². The summed E-state index contributed by atoms with van der Waals surface area (Å²) in [6, 6.07) is 9.80. The third-order valence-corrected chi connectivity index (χ3v) is 4.03. The Labute approximate surface area is 116 Å². The Morgan fingerprint density at radius 1 is 1.25 bits per heavy atom. The van der Waals surface area contributed by atoms with E-state index in [9.17, 15) is 8.78 Å². The molecule has 5 heteroatoms. The van der Waals surface area contributed by atoms with Gasteiger partial charge in [0.05, 0.1) is 12.2 Å². The molecule has 1 heterocycles. The average Bonchev–Trinajstić information content (AvgIpc) is 2.74. The van der Waals surface area contributed by atoms with Gasteiger partial charge in [0.2, 0.25) is 0 Å². The molecule has 1 aliphatic rings. The molecule has 1 unspecified atom stereocenters. The SMILES string of the molecule is Cc1nn(Cc2ccccc2)c(C)c1C1(N)CC1(F)F. The topological polar surface area (TPSA) is 43.8 Å². The number of nitrogens with two attached hydrogens (primary N) is 1. The van der Waals surface area contributed by atoms with Gasteiger partial charge in [-0.05, 0) is 19.4 Å². The zero-order valence-electron chi connectivity index (χ0n) is 11.5. The van der Waals surface area contributed by atoms with Gasteiger partial charge in [0, 0.05) is 17.7 Å². The molecule has 0 saturated heterocycles. The molecule has 3 nitrogen and oxygen atoms in total. The van der Waals surface area contributed by atoms with Gasteiger partial charge >= 0.3 is 0 Å². The summed E-state index contributed by atoms with van der Waals surface area (Å²) in [7, 11) is 0. The van der Waals surface area contributed by atoms with Crippen LogP contribution in [0, 0.1) is 13.8 Å². The number of benzene rings is 1. The van der Waals surface area contributed by atoms with Crippen molar-refractivity contribution >= 4 is 0 Å². The van der Waals surface area contributed by atoms with Crippen molar-refractivity contribution in [3.05, 3.63) is 52.8 Å². The first-order chi connectivity index (χ1) is 9.35. The van der Waals surface area contributed by atoms with E-state index in [2.05, 4.69) is 5.10 Å². The van der Waals surface area contributed by atoms with E-state index in [0.29, 0.717) is 17.8 Å². The van der Waals surface area contributed by atoms with Crippen LogP contribution >= 0.6 is 0 Å². The van der Waals surface area contributed by atoms with Gasteiger partial charge in [0.25, 0.3) is 5.92 Å². The number of rotatable bonds is 3. The van der Waals surface area contributed by atoms with Crippen LogP contribution in [-0.4, -0.2) is 15.7 Å². The second kappa shape index (κ2) is 4.12. The minimum absolute atomic E-state index is 0.293. The van der Waals surface area contributed by atoms with Crippen LogP contribution in [-0.2, 0) is 12.1 Å². The maximum atomic E-state index is 13.5. The fourth-order valence-electron chi connectivity index (χ4n) is 2.83. The molecule has 3 rings (SSSR count). The second-order valence-electron chi connectivity index (χ2n) is 5.54. The highest BCUT2D eigenvalue weighted by molar-refractivity contribution is 5.42. The molecule has 0 amide bonds. The van der Waals surface area contributed by atoms with Crippen molar-refractivity contribution < 1.29 is 8.78 Å². The first-order valence-electron chi connectivity index (χ1n) is 6.60. The predicted octanol–water partition coefficient (Wildman–Crippen LogP) is 2.74. The predicted molar refractivity (Wildman–Crippen MR) is 72.7 cm³/mol. The normalized spacial score (nSPS) is 23.9. The van der Waals surface area contributed by atoms with Gasteiger partial charge in [0.1, 0.15) is 5.54 Å². The summed E-state index contributed by atoms with van der Waals surface area (Å²) in [6.45, 7) is 4.11. The van der Waals surface area contributed by atoms with E-state index in [4.69, 9.17) is 5.73 Å². The van der Waals surface area contributed by atoms with Crippen LogP contribution in [0.1, 0.15) is 28.9 Å². The minimum Gasteiger partial charge on any atom is -0.316 e. The Kier molecular flexibility index (Phi) is 2.73. The molecule has 1 saturated carbocycles. The monoisotopic (exact) mass is 277 g/mol. The van der Waals surface area contributed by atoms with Crippen LogP contribution in [0.5, 0.6) is 0 Å². The molecule has 0 spiro atoms. The van der Waals surface area contributed by atoms with Gasteiger partial charge in [-0.3, -0.25) is 4.68 Å². The van der Waals surface area contributed by atoms with Crippen molar-refractivity contribution in [1.29, 1.82) is 0 Å². The van der Waals surface area contributed by atoms with Gasteiger partial charge in [-0.15, -0.1) is 0 Å². The number of hydrogen-bond acceptors (Lipinski definition) is 2. The number of aryl methyl sites for hydroxylation is 1. The lowest BCUT2D eigenvalue weighted by molar-refractivity contribution is 0.0887. The molecule has 1 aliphatic carbocycles. The molecule has 106 valence electrons. The highest BCUT2D eigenvalue weighted by Crippen LogP contribution is 2.58. The van der Waals surface area contributed by atoms with E-state index in [0.717, 1.165) is 11.3 Å². The summed E-state index contributed by atoms with van der Waals surface area (Å²) < 4.78 is 28.8. The van der Waals surface area contributed by atoms with Crippen LogP contribution in [0.2, 0.25) is 0 Å². The molecule has 20 heavy (non-hydrogen) atoms. The van der Waals surface area contributed by atoms with Gasteiger partial charge in [0.15, 0.2) is 0 Å². The number of hydrogen-bond donors (Lipinski definition) is 1. The highest BCUT2D eigenvalue weighted by atomic mass is 19.3. The van der Waals surface area contributed by atoms with Gasteiger partial charge in [-0.25, -0.2) is 8.78 Å². The Morgan fingerprint density at radius 2 is 1.85 bits per heavy atom. The van der Waals surface area contributed by atoms with Crippen LogP contribution in [0.15, 0.2) is 30.3 Å². The summed E-state index contributed by atoms with van der Waals surface area (Å²) in [5, 5.41) is 4.38. The third kappa shape index (κ3) is 1.85. The molecule has 0 aliphatic heterocycles. The van der Waals surface area contributed by atoms with Crippen molar-refractivity contribution in [1.82, 2.24) is 9.78 Å². The Balaban J connectivity index is 1.96. The van der Waals surface area contributed by atoms with Crippen molar-refractivity contribution in [3.8, 4) is 0 Å². The van der Waals surface area contributed by atoms with Gasteiger partial charge < -0.3 is 5.73 Å². The van der Waals surface area contributed by atoms with Crippen LogP contribution in [0.4, 0.5) is 8.78 Å². The van der Waals surface area contributed by atoms with Crippen LogP contribution in [0.25, 0.3) is 0 Å². The van der Waals surface area contributed by atoms with Crippen LogP contribution in [0.3, 0.4) is 0 Å². The third-order valence-electron chi connectivity index (χ3n) is 4.03. The standard InChI is InChI=1S/C15H17F2N3/c1-10-13(14(18)9-15(14,16)17)11(2)20(19-10)8-12-6-4-3-5-7-12/h3-7H,8-9,18H2,1-2H3. The van der Waals surface area contributed by atoms with E-state index in [-0.39, 0.29) is 6.42 Å². The molecule has 2 N–H and O–H groups in total.